The summed E-state index contributed by atoms with van der Waals surface area (Å²) in [6.07, 6.45) is 3.28. The lowest BCUT2D eigenvalue weighted by molar-refractivity contribution is 0.198. The Kier molecular flexibility index (Phi) is 5.70. The summed E-state index contributed by atoms with van der Waals surface area (Å²) in [5.41, 5.74) is 0. The highest BCUT2D eigenvalue weighted by Gasteiger charge is 2.31. The number of nitrogens with one attached hydrogen (secondary N) is 1. The summed E-state index contributed by atoms with van der Waals surface area (Å²) in [5.74, 6) is 1.50. The third-order valence-corrected chi connectivity index (χ3v) is 5.59. The quantitative estimate of drug-likeness (QED) is 0.820. The molecule has 0 aromatic rings. The van der Waals surface area contributed by atoms with Crippen LogP contribution in [0.4, 0.5) is 0 Å². The molecule has 6 heteroatoms. The second kappa shape index (κ2) is 6.36. The predicted octanol–water partition coefficient (Wildman–Crippen LogP) is 0.527. The van der Waals surface area contributed by atoms with Crippen LogP contribution in [0.1, 0.15) is 19.3 Å². The molecular formula is C11H23ClN2O2S. The van der Waals surface area contributed by atoms with Crippen molar-refractivity contribution in [3.8, 4) is 0 Å². The minimum absolute atomic E-state index is 0. The van der Waals surface area contributed by atoms with Crippen LogP contribution in [0, 0.1) is 5.92 Å². The van der Waals surface area contributed by atoms with Crippen molar-refractivity contribution in [1.29, 1.82) is 0 Å². The van der Waals surface area contributed by atoms with Crippen LogP contribution in [0.3, 0.4) is 0 Å². The maximum absolute atomic E-state index is 11.4. The molecule has 4 nitrogen and oxygen atoms in total. The molecule has 1 unspecified atom stereocenters. The van der Waals surface area contributed by atoms with Crippen molar-refractivity contribution in [1.82, 2.24) is 10.2 Å². The molecule has 2 saturated heterocycles. The maximum atomic E-state index is 11.4. The largest absolute Gasteiger partial charge is 0.317 e. The number of piperidine rings is 1. The second-order valence-electron chi connectivity index (χ2n) is 5.19. The highest BCUT2D eigenvalue weighted by atomic mass is 35.5. The Morgan fingerprint density at radius 3 is 2.41 bits per heavy atom. The van der Waals surface area contributed by atoms with E-state index in [0.717, 1.165) is 32.0 Å². The van der Waals surface area contributed by atoms with Gasteiger partial charge in [0.15, 0.2) is 9.84 Å². The molecule has 0 radical (unpaired) electrons. The van der Waals surface area contributed by atoms with Crippen LogP contribution in [-0.4, -0.2) is 57.5 Å². The van der Waals surface area contributed by atoms with E-state index in [-0.39, 0.29) is 18.4 Å². The number of rotatable bonds is 3. The van der Waals surface area contributed by atoms with E-state index in [9.17, 15) is 8.42 Å². The Morgan fingerprint density at radius 2 is 1.88 bits per heavy atom. The molecule has 102 valence electrons. The molecule has 2 aliphatic heterocycles. The average molecular weight is 283 g/mol. The third kappa shape index (κ3) is 4.39. The molecule has 1 atom stereocenters. The van der Waals surface area contributed by atoms with Gasteiger partial charge in [-0.3, -0.25) is 0 Å². The van der Waals surface area contributed by atoms with Gasteiger partial charge in [0.1, 0.15) is 0 Å². The monoisotopic (exact) mass is 282 g/mol. The van der Waals surface area contributed by atoms with E-state index in [1.54, 1.807) is 0 Å². The van der Waals surface area contributed by atoms with Crippen LogP contribution in [0.25, 0.3) is 0 Å². The lowest BCUT2D eigenvalue weighted by atomic mass is 9.97. The van der Waals surface area contributed by atoms with Crippen molar-refractivity contribution in [2.24, 2.45) is 5.92 Å². The van der Waals surface area contributed by atoms with Crippen molar-refractivity contribution in [3.05, 3.63) is 0 Å². The van der Waals surface area contributed by atoms with Crippen molar-refractivity contribution >= 4 is 22.2 Å². The zero-order chi connectivity index (χ0) is 11.6. The molecule has 17 heavy (non-hydrogen) atoms. The fourth-order valence-electron chi connectivity index (χ4n) is 2.74. The average Bonchev–Trinajstić information content (AvgIpc) is 2.60. The molecular weight excluding hydrogens is 260 g/mol. The van der Waals surface area contributed by atoms with Gasteiger partial charge < -0.3 is 10.2 Å². The summed E-state index contributed by atoms with van der Waals surface area (Å²) in [4.78, 5) is 2.26. The highest BCUT2D eigenvalue weighted by Crippen LogP contribution is 2.20. The van der Waals surface area contributed by atoms with Crippen molar-refractivity contribution in [2.45, 2.75) is 25.3 Å². The van der Waals surface area contributed by atoms with Gasteiger partial charge in [-0.15, -0.1) is 12.4 Å². The Bertz CT molecular complexity index is 328. The first kappa shape index (κ1) is 15.2. The molecule has 2 aliphatic rings. The van der Waals surface area contributed by atoms with Crippen LogP contribution < -0.4 is 5.32 Å². The van der Waals surface area contributed by atoms with Gasteiger partial charge in [-0.2, -0.15) is 0 Å². The first-order valence-electron chi connectivity index (χ1n) is 6.18. The summed E-state index contributed by atoms with van der Waals surface area (Å²) in [7, 11) is -0.658. The van der Waals surface area contributed by atoms with Gasteiger partial charge in [0.25, 0.3) is 0 Å². The zero-order valence-corrected chi connectivity index (χ0v) is 12.0. The van der Waals surface area contributed by atoms with Gasteiger partial charge in [0.05, 0.1) is 11.5 Å². The minimum atomic E-state index is -2.74. The third-order valence-electron chi connectivity index (χ3n) is 3.84. The first-order valence-corrected chi connectivity index (χ1v) is 8.00. The number of sulfone groups is 1. The van der Waals surface area contributed by atoms with E-state index >= 15 is 0 Å². The van der Waals surface area contributed by atoms with Gasteiger partial charge in [-0.1, -0.05) is 0 Å². The Morgan fingerprint density at radius 1 is 1.24 bits per heavy atom. The van der Waals surface area contributed by atoms with Gasteiger partial charge in [0, 0.05) is 12.6 Å². The van der Waals surface area contributed by atoms with E-state index in [0.29, 0.717) is 11.5 Å². The van der Waals surface area contributed by atoms with E-state index in [2.05, 4.69) is 17.3 Å². The van der Waals surface area contributed by atoms with E-state index < -0.39 is 9.84 Å². The van der Waals surface area contributed by atoms with Crippen LogP contribution in [0.15, 0.2) is 0 Å². The molecule has 2 rings (SSSR count). The van der Waals surface area contributed by atoms with E-state index in [4.69, 9.17) is 0 Å². The lowest BCUT2D eigenvalue weighted by Gasteiger charge is -2.30. The number of hydrogen-bond acceptors (Lipinski definition) is 4. The fourth-order valence-corrected chi connectivity index (χ4v) is 4.55. The highest BCUT2D eigenvalue weighted by molar-refractivity contribution is 7.91. The van der Waals surface area contributed by atoms with Crippen LogP contribution in [-0.2, 0) is 9.84 Å². The van der Waals surface area contributed by atoms with Crippen LogP contribution in [0.5, 0.6) is 0 Å². The standard InChI is InChI=1S/C11H22N2O2S.ClH/c1-13(8-10-2-5-12-6-3-10)11-4-7-16(14,15)9-11;/h10-12H,2-9H2,1H3;1H. The van der Waals surface area contributed by atoms with Crippen molar-refractivity contribution < 1.29 is 8.42 Å². The topological polar surface area (TPSA) is 49.4 Å². The normalized spacial score (nSPS) is 29.2. The lowest BCUT2D eigenvalue weighted by Crippen LogP contribution is -2.39. The number of nitrogens with zero attached hydrogens (tertiary/aromatic N) is 1. The Labute approximate surface area is 110 Å². The summed E-state index contributed by atoms with van der Waals surface area (Å²) in [6, 6.07) is 0.264. The zero-order valence-electron chi connectivity index (χ0n) is 10.4. The van der Waals surface area contributed by atoms with Gasteiger partial charge in [-0.05, 0) is 45.3 Å². The van der Waals surface area contributed by atoms with E-state index in [1.807, 2.05) is 0 Å². The molecule has 0 aromatic carbocycles. The first-order chi connectivity index (χ1) is 7.57. The predicted molar refractivity (Wildman–Crippen MR) is 72.5 cm³/mol. The molecule has 2 fully saturated rings. The molecule has 0 aliphatic carbocycles. The maximum Gasteiger partial charge on any atom is 0.151 e. The number of hydrogen-bond donors (Lipinski definition) is 1. The van der Waals surface area contributed by atoms with Crippen molar-refractivity contribution in [2.75, 3.05) is 38.2 Å². The molecule has 2 heterocycles. The molecule has 0 amide bonds. The number of halogens is 1. The molecule has 0 spiro atoms. The Hall–Kier alpha value is 0.160. The Balaban J connectivity index is 0.00000144. The second-order valence-corrected chi connectivity index (χ2v) is 7.42. The smallest absolute Gasteiger partial charge is 0.151 e. The minimum Gasteiger partial charge on any atom is -0.317 e. The molecule has 0 saturated carbocycles. The summed E-state index contributed by atoms with van der Waals surface area (Å²) >= 11 is 0. The van der Waals surface area contributed by atoms with Gasteiger partial charge in [0.2, 0.25) is 0 Å². The van der Waals surface area contributed by atoms with Gasteiger partial charge >= 0.3 is 0 Å². The summed E-state index contributed by atoms with van der Waals surface area (Å²) < 4.78 is 22.8. The van der Waals surface area contributed by atoms with Gasteiger partial charge in [-0.25, -0.2) is 8.42 Å². The molecule has 0 aromatic heterocycles. The van der Waals surface area contributed by atoms with Crippen molar-refractivity contribution in [3.63, 3.8) is 0 Å². The van der Waals surface area contributed by atoms with Crippen LogP contribution >= 0.6 is 12.4 Å². The molecule has 1 N–H and O–H groups in total. The summed E-state index contributed by atoms with van der Waals surface area (Å²) in [6.45, 7) is 3.28. The fraction of sp³-hybridized carbons (Fsp3) is 1.00. The SMILES string of the molecule is CN(CC1CCNCC1)C1CCS(=O)(=O)C1.Cl. The summed E-state index contributed by atoms with van der Waals surface area (Å²) in [5, 5.41) is 3.36. The van der Waals surface area contributed by atoms with E-state index in [1.165, 1.54) is 12.8 Å². The molecule has 0 bridgehead atoms. The van der Waals surface area contributed by atoms with Crippen LogP contribution in [0.2, 0.25) is 0 Å².